The van der Waals surface area contributed by atoms with Crippen LogP contribution in [-0.2, 0) is 23.2 Å². The number of carboxylic acid groups (broad SMARTS) is 1. The fraction of sp³-hybridized carbons (Fsp3) is 0.222. The number of rotatable bonds is 4. The summed E-state index contributed by atoms with van der Waals surface area (Å²) in [7, 11) is 0. The highest BCUT2D eigenvalue weighted by Gasteiger charge is 2.40. The molecule has 0 aromatic heterocycles. The number of hydrogen-bond donors (Lipinski definition) is 2. The van der Waals surface area contributed by atoms with Crippen LogP contribution in [0.15, 0.2) is 66.7 Å². The third-order valence-electron chi connectivity index (χ3n) is 6.63. The molecule has 0 saturated heterocycles. The summed E-state index contributed by atoms with van der Waals surface area (Å²) in [6.45, 7) is 3.75. The number of aliphatic carboxylic acids is 1. The molecular formula is C27H25NO4. The molecule has 1 unspecified atom stereocenters. The first-order chi connectivity index (χ1) is 15.4. The average molecular weight is 428 g/mol. The van der Waals surface area contributed by atoms with Gasteiger partial charge in [-0.15, -0.1) is 0 Å². The van der Waals surface area contributed by atoms with Crippen molar-refractivity contribution in [3.8, 4) is 11.5 Å². The standard InChI is InChI=1S/C27H25NO4/c1-27(21-5-2-18(3-6-21)4-11-26(30)31)24-9-8-23(29)17-19(24)12-14-28(27)22-7-10-25-20(16-22)13-15-32-25/h2-11,16-17,29H,12-15H2,1H3,(H,30,31)/b11-4+. The lowest BCUT2D eigenvalue weighted by atomic mass is 9.76. The number of hydrogen-bond acceptors (Lipinski definition) is 4. The minimum Gasteiger partial charge on any atom is -0.508 e. The second-order valence-corrected chi connectivity index (χ2v) is 8.50. The Bertz CT molecular complexity index is 1210. The summed E-state index contributed by atoms with van der Waals surface area (Å²) in [6.07, 6.45) is 4.50. The molecular weight excluding hydrogens is 402 g/mol. The zero-order valence-corrected chi connectivity index (χ0v) is 17.9. The summed E-state index contributed by atoms with van der Waals surface area (Å²) in [5.41, 5.74) is 6.16. The number of anilines is 1. The number of fused-ring (bicyclic) bond motifs is 2. The van der Waals surface area contributed by atoms with E-state index in [4.69, 9.17) is 9.84 Å². The predicted molar refractivity (Wildman–Crippen MR) is 124 cm³/mol. The quantitative estimate of drug-likeness (QED) is 0.588. The largest absolute Gasteiger partial charge is 0.508 e. The normalized spacial score (nSPS) is 19.5. The van der Waals surface area contributed by atoms with Gasteiger partial charge in [0.1, 0.15) is 11.5 Å². The Kier molecular flexibility index (Phi) is 4.89. The second-order valence-electron chi connectivity index (χ2n) is 8.50. The maximum absolute atomic E-state index is 10.9. The Morgan fingerprint density at radius 1 is 1.03 bits per heavy atom. The van der Waals surface area contributed by atoms with Crippen LogP contribution < -0.4 is 9.64 Å². The Morgan fingerprint density at radius 3 is 2.62 bits per heavy atom. The van der Waals surface area contributed by atoms with Gasteiger partial charge in [-0.25, -0.2) is 4.79 Å². The van der Waals surface area contributed by atoms with Gasteiger partial charge in [0.15, 0.2) is 0 Å². The molecule has 2 aliphatic rings. The van der Waals surface area contributed by atoms with Crippen LogP contribution in [0.2, 0.25) is 0 Å². The number of carboxylic acids is 1. The van der Waals surface area contributed by atoms with Gasteiger partial charge >= 0.3 is 5.97 Å². The topological polar surface area (TPSA) is 70.0 Å². The van der Waals surface area contributed by atoms with Gasteiger partial charge in [-0.1, -0.05) is 30.3 Å². The molecule has 0 saturated carbocycles. The highest BCUT2D eigenvalue weighted by Crippen LogP contribution is 2.45. The van der Waals surface area contributed by atoms with E-state index in [1.54, 1.807) is 12.1 Å². The van der Waals surface area contributed by atoms with Crippen LogP contribution in [0.4, 0.5) is 5.69 Å². The van der Waals surface area contributed by atoms with E-state index in [2.05, 4.69) is 42.2 Å². The number of nitrogens with zero attached hydrogens (tertiary/aromatic N) is 1. The van der Waals surface area contributed by atoms with Crippen LogP contribution in [-0.4, -0.2) is 29.3 Å². The monoisotopic (exact) mass is 427 g/mol. The van der Waals surface area contributed by atoms with Gasteiger partial charge < -0.3 is 19.8 Å². The van der Waals surface area contributed by atoms with Crippen molar-refractivity contribution >= 4 is 17.7 Å². The van der Waals surface area contributed by atoms with Gasteiger partial charge in [0.05, 0.1) is 12.1 Å². The first-order valence-corrected chi connectivity index (χ1v) is 10.8. The van der Waals surface area contributed by atoms with Crippen LogP contribution >= 0.6 is 0 Å². The van der Waals surface area contributed by atoms with Crippen molar-refractivity contribution in [2.75, 3.05) is 18.1 Å². The van der Waals surface area contributed by atoms with Gasteiger partial charge in [-0.05, 0) is 77.6 Å². The summed E-state index contributed by atoms with van der Waals surface area (Å²) in [6, 6.07) is 20.1. The highest BCUT2D eigenvalue weighted by molar-refractivity contribution is 5.85. The molecule has 2 N–H and O–H groups in total. The maximum atomic E-state index is 10.9. The van der Waals surface area contributed by atoms with Crippen molar-refractivity contribution in [2.24, 2.45) is 0 Å². The van der Waals surface area contributed by atoms with Gasteiger partial charge in [-0.2, -0.15) is 0 Å². The molecule has 5 heteroatoms. The van der Waals surface area contributed by atoms with Gasteiger partial charge in [-0.3, -0.25) is 0 Å². The third-order valence-corrected chi connectivity index (χ3v) is 6.63. The number of aromatic hydroxyl groups is 1. The zero-order chi connectivity index (χ0) is 22.3. The lowest BCUT2D eigenvalue weighted by Crippen LogP contribution is -2.49. The van der Waals surface area contributed by atoms with E-state index in [0.717, 1.165) is 65.8 Å². The van der Waals surface area contributed by atoms with E-state index in [9.17, 15) is 9.90 Å². The molecule has 0 amide bonds. The molecule has 32 heavy (non-hydrogen) atoms. The molecule has 3 aromatic rings. The number of carbonyl (C=O) groups is 1. The van der Waals surface area contributed by atoms with E-state index in [1.807, 2.05) is 24.3 Å². The van der Waals surface area contributed by atoms with Crippen LogP contribution in [0.25, 0.3) is 6.08 Å². The van der Waals surface area contributed by atoms with Gasteiger partial charge in [0.25, 0.3) is 0 Å². The summed E-state index contributed by atoms with van der Waals surface area (Å²) < 4.78 is 5.71. The summed E-state index contributed by atoms with van der Waals surface area (Å²) in [4.78, 5) is 13.3. The molecule has 0 spiro atoms. The molecule has 0 radical (unpaired) electrons. The van der Waals surface area contributed by atoms with E-state index in [0.29, 0.717) is 0 Å². The summed E-state index contributed by atoms with van der Waals surface area (Å²) in [5.74, 6) is 0.282. The molecule has 5 rings (SSSR count). The summed E-state index contributed by atoms with van der Waals surface area (Å²) in [5, 5.41) is 19.0. The van der Waals surface area contributed by atoms with Crippen molar-refractivity contribution in [1.29, 1.82) is 0 Å². The zero-order valence-electron chi connectivity index (χ0n) is 17.9. The predicted octanol–water partition coefficient (Wildman–Crippen LogP) is 4.75. The van der Waals surface area contributed by atoms with Crippen LogP contribution in [0, 0.1) is 0 Å². The minimum absolute atomic E-state index is 0.281. The van der Waals surface area contributed by atoms with Crippen molar-refractivity contribution in [3.63, 3.8) is 0 Å². The van der Waals surface area contributed by atoms with Crippen molar-refractivity contribution in [2.45, 2.75) is 25.3 Å². The van der Waals surface area contributed by atoms with E-state index in [1.165, 1.54) is 5.56 Å². The van der Waals surface area contributed by atoms with Gasteiger partial charge in [0.2, 0.25) is 0 Å². The van der Waals surface area contributed by atoms with Gasteiger partial charge in [0, 0.05) is 24.7 Å². The lowest BCUT2D eigenvalue weighted by Gasteiger charge is -2.48. The number of phenols is 1. The molecule has 0 fully saturated rings. The van der Waals surface area contributed by atoms with Crippen LogP contribution in [0.1, 0.15) is 34.7 Å². The van der Waals surface area contributed by atoms with E-state index in [-0.39, 0.29) is 5.75 Å². The first-order valence-electron chi connectivity index (χ1n) is 10.8. The smallest absolute Gasteiger partial charge is 0.328 e. The Balaban J connectivity index is 1.62. The average Bonchev–Trinajstić information content (AvgIpc) is 3.26. The summed E-state index contributed by atoms with van der Waals surface area (Å²) >= 11 is 0. The van der Waals surface area contributed by atoms with Crippen molar-refractivity contribution in [3.05, 3.63) is 94.6 Å². The fourth-order valence-corrected chi connectivity index (χ4v) is 4.99. The lowest BCUT2D eigenvalue weighted by molar-refractivity contribution is -0.131. The third kappa shape index (κ3) is 3.40. The minimum atomic E-state index is -0.964. The maximum Gasteiger partial charge on any atom is 0.328 e. The van der Waals surface area contributed by atoms with Crippen molar-refractivity contribution < 1.29 is 19.7 Å². The Morgan fingerprint density at radius 2 is 1.84 bits per heavy atom. The molecule has 0 aliphatic carbocycles. The molecule has 0 bridgehead atoms. The second kappa shape index (κ2) is 7.75. The van der Waals surface area contributed by atoms with Crippen LogP contribution in [0.5, 0.6) is 11.5 Å². The van der Waals surface area contributed by atoms with E-state index < -0.39 is 11.5 Å². The SMILES string of the molecule is CC1(c2ccc(/C=C/C(=O)O)cc2)c2ccc(O)cc2CCN1c1ccc2c(c1)CCO2. The molecule has 1 atom stereocenters. The molecule has 162 valence electrons. The molecule has 2 aliphatic heterocycles. The van der Waals surface area contributed by atoms with Crippen molar-refractivity contribution in [1.82, 2.24) is 0 Å². The van der Waals surface area contributed by atoms with E-state index >= 15 is 0 Å². The number of phenolic OH excluding ortho intramolecular Hbond substituents is 1. The van der Waals surface area contributed by atoms with Crippen LogP contribution in [0.3, 0.4) is 0 Å². The number of benzene rings is 3. The Hall–Kier alpha value is -3.73. The highest BCUT2D eigenvalue weighted by atomic mass is 16.5. The molecule has 3 aromatic carbocycles. The Labute approximate surface area is 187 Å². The molecule has 2 heterocycles. The molecule has 5 nitrogen and oxygen atoms in total. The fourth-order valence-electron chi connectivity index (χ4n) is 4.99. The first kappa shape index (κ1) is 20.2. The number of ether oxygens (including phenoxy) is 1.